The van der Waals surface area contributed by atoms with Crippen molar-refractivity contribution in [1.29, 1.82) is 0 Å². The van der Waals surface area contributed by atoms with E-state index in [0.717, 1.165) is 50.1 Å². The first-order chi connectivity index (χ1) is 14.6. The van der Waals surface area contributed by atoms with Gasteiger partial charge in [0, 0.05) is 58.4 Å². The maximum Gasteiger partial charge on any atom is 0.221 e. The predicted octanol–water partition coefficient (Wildman–Crippen LogP) is 3.04. The van der Waals surface area contributed by atoms with E-state index in [-0.39, 0.29) is 29.9 Å². The third kappa shape index (κ3) is 8.37. The van der Waals surface area contributed by atoms with Crippen molar-refractivity contribution in [1.82, 2.24) is 15.1 Å². The number of amides is 1. The summed E-state index contributed by atoms with van der Waals surface area (Å²) in [7, 11) is 1.82. The Balaban J connectivity index is 0.00000341. The molecule has 0 saturated carbocycles. The quantitative estimate of drug-likeness (QED) is 0.246. The summed E-state index contributed by atoms with van der Waals surface area (Å²) in [5.41, 5.74) is 2.09. The second kappa shape index (κ2) is 13.2. The number of carbonyl (C=O) groups is 1. The number of hydrogen-bond acceptors (Lipinski definition) is 4. The molecule has 31 heavy (non-hydrogen) atoms. The SMILES string of the molecule is CN=C(NCCOc1cccc(NC(C)=O)c1)N1CCN(Cc2ccccc2)CC1.I. The number of hydrogen-bond donors (Lipinski definition) is 2. The Bertz CT molecular complexity index is 839. The average molecular weight is 537 g/mol. The molecule has 2 aromatic carbocycles. The highest BCUT2D eigenvalue weighted by atomic mass is 127. The van der Waals surface area contributed by atoms with Crippen LogP contribution in [-0.4, -0.2) is 68.0 Å². The topological polar surface area (TPSA) is 69.2 Å². The molecule has 168 valence electrons. The number of guanidine groups is 1. The van der Waals surface area contributed by atoms with Crippen LogP contribution in [0.3, 0.4) is 0 Å². The molecule has 2 N–H and O–H groups in total. The van der Waals surface area contributed by atoms with Crippen LogP contribution in [0.1, 0.15) is 12.5 Å². The van der Waals surface area contributed by atoms with Gasteiger partial charge in [0.05, 0.1) is 6.54 Å². The van der Waals surface area contributed by atoms with E-state index in [4.69, 9.17) is 4.74 Å². The summed E-state index contributed by atoms with van der Waals surface area (Å²) in [4.78, 5) is 20.4. The Labute approximate surface area is 201 Å². The van der Waals surface area contributed by atoms with Gasteiger partial charge in [-0.15, -0.1) is 24.0 Å². The predicted molar refractivity (Wildman–Crippen MR) is 136 cm³/mol. The van der Waals surface area contributed by atoms with Gasteiger partial charge in [-0.05, 0) is 17.7 Å². The standard InChI is InChI=1S/C23H31N5O2.HI/c1-19(29)26-21-9-6-10-22(17-21)30-16-11-25-23(24-2)28-14-12-27(13-15-28)18-20-7-4-3-5-8-20;/h3-10,17H,11-16,18H2,1-2H3,(H,24,25)(H,26,29);1H. The van der Waals surface area contributed by atoms with Crippen LogP contribution in [0.5, 0.6) is 5.75 Å². The first-order valence-electron chi connectivity index (χ1n) is 10.4. The molecular weight excluding hydrogens is 505 g/mol. The van der Waals surface area contributed by atoms with Gasteiger partial charge in [0.15, 0.2) is 5.96 Å². The van der Waals surface area contributed by atoms with E-state index in [1.807, 2.05) is 31.3 Å². The smallest absolute Gasteiger partial charge is 0.221 e. The summed E-state index contributed by atoms with van der Waals surface area (Å²) in [6.45, 7) is 7.58. The van der Waals surface area contributed by atoms with Crippen LogP contribution in [0.4, 0.5) is 5.69 Å². The Morgan fingerprint density at radius 2 is 1.81 bits per heavy atom. The fourth-order valence-electron chi connectivity index (χ4n) is 3.49. The lowest BCUT2D eigenvalue weighted by Crippen LogP contribution is -2.52. The summed E-state index contributed by atoms with van der Waals surface area (Å²) < 4.78 is 5.80. The van der Waals surface area contributed by atoms with Crippen LogP contribution in [0.2, 0.25) is 0 Å². The second-order valence-electron chi connectivity index (χ2n) is 7.28. The summed E-state index contributed by atoms with van der Waals surface area (Å²) in [5.74, 6) is 1.54. The lowest BCUT2D eigenvalue weighted by molar-refractivity contribution is -0.114. The minimum Gasteiger partial charge on any atom is -0.492 e. The van der Waals surface area contributed by atoms with Crippen molar-refractivity contribution >= 4 is 41.5 Å². The minimum atomic E-state index is -0.0959. The van der Waals surface area contributed by atoms with Gasteiger partial charge in [-0.25, -0.2) is 0 Å². The summed E-state index contributed by atoms with van der Waals surface area (Å²) in [6, 6.07) is 18.0. The third-order valence-corrected chi connectivity index (χ3v) is 4.94. The Morgan fingerprint density at radius 3 is 2.48 bits per heavy atom. The van der Waals surface area contributed by atoms with Crippen molar-refractivity contribution in [3.63, 3.8) is 0 Å². The number of aliphatic imine (C=N–C) groups is 1. The van der Waals surface area contributed by atoms with Gasteiger partial charge in [0.1, 0.15) is 12.4 Å². The van der Waals surface area contributed by atoms with E-state index >= 15 is 0 Å². The molecule has 8 heteroatoms. The molecule has 0 atom stereocenters. The highest BCUT2D eigenvalue weighted by Crippen LogP contribution is 2.17. The molecule has 0 aromatic heterocycles. The van der Waals surface area contributed by atoms with Crippen molar-refractivity contribution in [2.75, 3.05) is 51.7 Å². The molecule has 7 nitrogen and oxygen atoms in total. The van der Waals surface area contributed by atoms with Gasteiger partial charge >= 0.3 is 0 Å². The first-order valence-corrected chi connectivity index (χ1v) is 10.4. The van der Waals surface area contributed by atoms with Gasteiger partial charge in [-0.2, -0.15) is 0 Å². The fourth-order valence-corrected chi connectivity index (χ4v) is 3.49. The van der Waals surface area contributed by atoms with Crippen molar-refractivity contribution < 1.29 is 9.53 Å². The first kappa shape index (κ1) is 24.9. The Morgan fingerprint density at radius 1 is 1.06 bits per heavy atom. The van der Waals surface area contributed by atoms with Gasteiger partial charge < -0.3 is 20.3 Å². The minimum absolute atomic E-state index is 0. The average Bonchev–Trinajstić information content (AvgIpc) is 2.75. The number of nitrogens with one attached hydrogen (secondary N) is 2. The van der Waals surface area contributed by atoms with Crippen molar-refractivity contribution in [3.8, 4) is 5.75 Å². The monoisotopic (exact) mass is 537 g/mol. The number of rotatable bonds is 7. The molecule has 0 bridgehead atoms. The molecule has 1 saturated heterocycles. The molecule has 1 heterocycles. The molecule has 1 amide bonds. The van der Waals surface area contributed by atoms with E-state index in [2.05, 4.69) is 55.8 Å². The molecule has 0 spiro atoms. The summed E-state index contributed by atoms with van der Waals surface area (Å²) in [5, 5.41) is 6.14. The maximum atomic E-state index is 11.2. The van der Waals surface area contributed by atoms with Gasteiger partial charge in [-0.3, -0.25) is 14.7 Å². The summed E-state index contributed by atoms with van der Waals surface area (Å²) in [6.07, 6.45) is 0. The Kier molecular flexibility index (Phi) is 10.6. The largest absolute Gasteiger partial charge is 0.492 e. The zero-order valence-corrected chi connectivity index (χ0v) is 20.5. The molecule has 0 radical (unpaired) electrons. The van der Waals surface area contributed by atoms with E-state index in [1.165, 1.54) is 12.5 Å². The lowest BCUT2D eigenvalue weighted by Gasteiger charge is -2.36. The lowest BCUT2D eigenvalue weighted by atomic mass is 10.2. The molecule has 1 aliphatic rings. The van der Waals surface area contributed by atoms with Crippen molar-refractivity contribution in [2.45, 2.75) is 13.5 Å². The molecule has 2 aromatic rings. The normalized spacial score (nSPS) is 14.5. The maximum absolute atomic E-state index is 11.2. The number of nitrogens with zero attached hydrogens (tertiary/aromatic N) is 3. The number of ether oxygens (including phenoxy) is 1. The van der Waals surface area contributed by atoms with Crippen LogP contribution >= 0.6 is 24.0 Å². The number of anilines is 1. The summed E-state index contributed by atoms with van der Waals surface area (Å²) >= 11 is 0. The number of benzene rings is 2. The van der Waals surface area contributed by atoms with Gasteiger partial charge in [-0.1, -0.05) is 36.4 Å². The zero-order chi connectivity index (χ0) is 21.2. The van der Waals surface area contributed by atoms with Crippen LogP contribution in [0.15, 0.2) is 59.6 Å². The highest BCUT2D eigenvalue weighted by molar-refractivity contribution is 14.0. The zero-order valence-electron chi connectivity index (χ0n) is 18.2. The molecule has 1 fully saturated rings. The Hall–Kier alpha value is -2.33. The number of carbonyl (C=O) groups excluding carboxylic acids is 1. The van der Waals surface area contributed by atoms with Gasteiger partial charge in [0.25, 0.3) is 0 Å². The number of halogens is 1. The third-order valence-electron chi connectivity index (χ3n) is 4.94. The molecule has 0 unspecified atom stereocenters. The van der Waals surface area contributed by atoms with E-state index in [9.17, 15) is 4.79 Å². The second-order valence-corrected chi connectivity index (χ2v) is 7.28. The van der Waals surface area contributed by atoms with Crippen molar-refractivity contribution in [2.24, 2.45) is 4.99 Å². The number of piperazine rings is 1. The van der Waals surface area contributed by atoms with Gasteiger partial charge in [0.2, 0.25) is 5.91 Å². The van der Waals surface area contributed by atoms with Crippen molar-refractivity contribution in [3.05, 3.63) is 60.2 Å². The molecular formula is C23H32IN5O2. The van der Waals surface area contributed by atoms with Crippen LogP contribution in [0.25, 0.3) is 0 Å². The highest BCUT2D eigenvalue weighted by Gasteiger charge is 2.19. The van der Waals surface area contributed by atoms with Crippen LogP contribution in [-0.2, 0) is 11.3 Å². The molecule has 1 aliphatic heterocycles. The molecule has 3 rings (SSSR count). The molecule has 0 aliphatic carbocycles. The van der Waals surface area contributed by atoms with Crippen LogP contribution in [0, 0.1) is 0 Å². The van der Waals surface area contributed by atoms with Crippen LogP contribution < -0.4 is 15.4 Å². The van der Waals surface area contributed by atoms with E-state index < -0.39 is 0 Å². The van der Waals surface area contributed by atoms with E-state index in [0.29, 0.717) is 13.2 Å². The fraction of sp³-hybridized carbons (Fsp3) is 0.391. The van der Waals surface area contributed by atoms with E-state index in [1.54, 1.807) is 0 Å².